The number of thiophene rings is 1. The van der Waals surface area contributed by atoms with Crippen LogP contribution < -0.4 is 9.64 Å². The first-order valence-electron chi connectivity index (χ1n) is 5.38. The Balaban J connectivity index is 2.03. The number of ether oxygens (including phenoxy) is 1. The van der Waals surface area contributed by atoms with Gasteiger partial charge in [0.1, 0.15) is 0 Å². The largest absolute Gasteiger partial charge is 0.467 e. The van der Waals surface area contributed by atoms with E-state index in [9.17, 15) is 0 Å². The summed E-state index contributed by atoms with van der Waals surface area (Å²) < 4.78 is 4.96. The van der Waals surface area contributed by atoms with E-state index < -0.39 is 0 Å². The maximum atomic E-state index is 5.81. The number of hydrogen-bond acceptors (Lipinski definition) is 6. The molecule has 2 aromatic rings. The van der Waals surface area contributed by atoms with E-state index in [2.05, 4.69) is 26.4 Å². The van der Waals surface area contributed by atoms with Crippen LogP contribution in [0.4, 0.5) is 5.95 Å². The molecule has 2 heterocycles. The second-order valence-electron chi connectivity index (χ2n) is 3.64. The van der Waals surface area contributed by atoms with Crippen LogP contribution in [-0.2, 0) is 6.42 Å². The van der Waals surface area contributed by atoms with Crippen LogP contribution in [0.3, 0.4) is 0 Å². The Morgan fingerprint density at radius 2 is 2.22 bits per heavy atom. The minimum absolute atomic E-state index is 0.139. The van der Waals surface area contributed by atoms with Crippen LogP contribution in [0.1, 0.15) is 4.88 Å². The molecule has 0 fully saturated rings. The number of rotatable bonds is 5. The fraction of sp³-hybridized carbons (Fsp3) is 0.364. The highest BCUT2D eigenvalue weighted by Gasteiger charge is 2.09. The smallest absolute Gasteiger partial charge is 0.322 e. The average molecular weight is 285 g/mol. The maximum absolute atomic E-state index is 5.81. The third-order valence-electron chi connectivity index (χ3n) is 2.37. The van der Waals surface area contributed by atoms with Gasteiger partial charge in [0.25, 0.3) is 0 Å². The molecule has 7 heteroatoms. The topological polar surface area (TPSA) is 51.1 Å². The van der Waals surface area contributed by atoms with E-state index in [4.69, 9.17) is 16.3 Å². The Labute approximate surface area is 114 Å². The predicted molar refractivity (Wildman–Crippen MR) is 72.7 cm³/mol. The first-order valence-corrected chi connectivity index (χ1v) is 6.64. The van der Waals surface area contributed by atoms with Gasteiger partial charge in [-0.2, -0.15) is 15.0 Å². The molecular formula is C11H13ClN4OS. The maximum Gasteiger partial charge on any atom is 0.322 e. The zero-order valence-electron chi connectivity index (χ0n) is 10.1. The van der Waals surface area contributed by atoms with Crippen LogP contribution in [0.2, 0.25) is 5.28 Å². The Morgan fingerprint density at radius 3 is 2.89 bits per heavy atom. The number of nitrogens with zero attached hydrogens (tertiary/aromatic N) is 4. The van der Waals surface area contributed by atoms with Gasteiger partial charge in [-0.1, -0.05) is 6.07 Å². The summed E-state index contributed by atoms with van der Waals surface area (Å²) in [4.78, 5) is 15.3. The number of halogens is 1. The second-order valence-corrected chi connectivity index (χ2v) is 5.01. The van der Waals surface area contributed by atoms with E-state index in [0.29, 0.717) is 5.95 Å². The Kier molecular flexibility index (Phi) is 4.33. The van der Waals surface area contributed by atoms with E-state index in [1.54, 1.807) is 11.3 Å². The fourth-order valence-electron chi connectivity index (χ4n) is 1.42. The molecule has 0 N–H and O–H groups in total. The lowest BCUT2D eigenvalue weighted by Gasteiger charge is -2.16. The molecule has 0 aliphatic heterocycles. The summed E-state index contributed by atoms with van der Waals surface area (Å²) >= 11 is 7.55. The van der Waals surface area contributed by atoms with Gasteiger partial charge in [-0.05, 0) is 29.5 Å². The van der Waals surface area contributed by atoms with E-state index >= 15 is 0 Å². The van der Waals surface area contributed by atoms with Gasteiger partial charge in [0.05, 0.1) is 7.11 Å². The molecule has 2 rings (SSSR count). The minimum atomic E-state index is 0.139. The first kappa shape index (κ1) is 13.0. The quantitative estimate of drug-likeness (QED) is 0.843. The summed E-state index contributed by atoms with van der Waals surface area (Å²) in [6.07, 6.45) is 0.944. The van der Waals surface area contributed by atoms with Gasteiger partial charge in [0.15, 0.2) is 0 Å². The van der Waals surface area contributed by atoms with E-state index in [0.717, 1.165) is 13.0 Å². The number of hydrogen-bond donors (Lipinski definition) is 0. The van der Waals surface area contributed by atoms with Crippen molar-refractivity contribution >= 4 is 28.9 Å². The number of aromatic nitrogens is 3. The lowest BCUT2D eigenvalue weighted by molar-refractivity contribution is 0.378. The summed E-state index contributed by atoms with van der Waals surface area (Å²) in [6, 6.07) is 4.38. The van der Waals surface area contributed by atoms with Crippen LogP contribution >= 0.6 is 22.9 Å². The van der Waals surface area contributed by atoms with Gasteiger partial charge in [0, 0.05) is 18.5 Å². The summed E-state index contributed by atoms with van der Waals surface area (Å²) in [6.45, 7) is 0.810. The standard InChI is InChI=1S/C11H13ClN4OS/c1-16(6-5-8-4-3-7-18-8)10-13-9(12)14-11(15-10)17-2/h3-4,7H,5-6H2,1-2H3. The van der Waals surface area contributed by atoms with E-state index in [1.807, 2.05) is 18.0 Å². The molecule has 0 saturated carbocycles. The third kappa shape index (κ3) is 3.30. The molecule has 2 aromatic heterocycles. The monoisotopic (exact) mass is 284 g/mol. The average Bonchev–Trinajstić information content (AvgIpc) is 2.88. The molecule has 0 amide bonds. The molecule has 0 aliphatic carbocycles. The molecule has 0 aromatic carbocycles. The third-order valence-corrected chi connectivity index (χ3v) is 3.48. The van der Waals surface area contributed by atoms with Crippen molar-refractivity contribution in [2.45, 2.75) is 6.42 Å². The lowest BCUT2D eigenvalue weighted by Crippen LogP contribution is -2.22. The lowest BCUT2D eigenvalue weighted by atomic mass is 10.3. The van der Waals surface area contributed by atoms with Crippen molar-refractivity contribution in [1.82, 2.24) is 15.0 Å². The van der Waals surface area contributed by atoms with Crippen molar-refractivity contribution < 1.29 is 4.74 Å². The first-order chi connectivity index (χ1) is 8.69. The van der Waals surface area contributed by atoms with Gasteiger partial charge in [-0.3, -0.25) is 0 Å². The zero-order chi connectivity index (χ0) is 13.0. The van der Waals surface area contributed by atoms with Crippen molar-refractivity contribution in [3.63, 3.8) is 0 Å². The Hall–Kier alpha value is -1.40. The summed E-state index contributed by atoms with van der Waals surface area (Å²) in [7, 11) is 3.42. The van der Waals surface area contributed by atoms with E-state index in [-0.39, 0.29) is 11.3 Å². The van der Waals surface area contributed by atoms with Crippen molar-refractivity contribution in [2.24, 2.45) is 0 Å². The number of anilines is 1. The second kappa shape index (κ2) is 5.97. The van der Waals surface area contributed by atoms with Gasteiger partial charge in [0.2, 0.25) is 11.2 Å². The van der Waals surface area contributed by atoms with Crippen LogP contribution in [-0.4, -0.2) is 35.7 Å². The van der Waals surface area contributed by atoms with Gasteiger partial charge >= 0.3 is 6.01 Å². The highest BCUT2D eigenvalue weighted by Crippen LogP contribution is 2.15. The van der Waals surface area contributed by atoms with Crippen LogP contribution in [0, 0.1) is 0 Å². The predicted octanol–water partition coefficient (Wildman–Crippen LogP) is 2.27. The van der Waals surface area contributed by atoms with Crippen molar-refractivity contribution in [2.75, 3.05) is 25.6 Å². The Morgan fingerprint density at radius 1 is 1.39 bits per heavy atom. The molecule has 0 radical (unpaired) electrons. The molecule has 96 valence electrons. The molecule has 0 unspecified atom stereocenters. The summed E-state index contributed by atoms with van der Waals surface area (Å²) in [5.74, 6) is 0.517. The van der Waals surface area contributed by atoms with E-state index in [1.165, 1.54) is 12.0 Å². The normalized spacial score (nSPS) is 10.4. The zero-order valence-corrected chi connectivity index (χ0v) is 11.7. The van der Waals surface area contributed by atoms with Crippen LogP contribution in [0.25, 0.3) is 0 Å². The number of methoxy groups -OCH3 is 1. The van der Waals surface area contributed by atoms with Gasteiger partial charge < -0.3 is 9.64 Å². The summed E-state index contributed by atoms with van der Waals surface area (Å²) in [5, 5.41) is 2.21. The highest BCUT2D eigenvalue weighted by atomic mass is 35.5. The SMILES string of the molecule is COc1nc(Cl)nc(N(C)CCc2cccs2)n1. The molecule has 18 heavy (non-hydrogen) atoms. The van der Waals surface area contributed by atoms with Crippen molar-refractivity contribution in [3.8, 4) is 6.01 Å². The van der Waals surface area contributed by atoms with Crippen molar-refractivity contribution in [1.29, 1.82) is 0 Å². The molecule has 0 aliphatic rings. The molecule has 0 atom stereocenters. The number of likely N-dealkylation sites (N-methyl/N-ethyl adjacent to an activating group) is 1. The minimum Gasteiger partial charge on any atom is -0.467 e. The van der Waals surface area contributed by atoms with Gasteiger partial charge in [-0.15, -0.1) is 11.3 Å². The summed E-state index contributed by atoms with van der Waals surface area (Å²) in [5.41, 5.74) is 0. The van der Waals surface area contributed by atoms with Crippen molar-refractivity contribution in [3.05, 3.63) is 27.7 Å². The Bertz CT molecular complexity index is 506. The highest BCUT2D eigenvalue weighted by molar-refractivity contribution is 7.09. The van der Waals surface area contributed by atoms with Crippen LogP contribution in [0.5, 0.6) is 6.01 Å². The molecule has 0 spiro atoms. The molecule has 0 saturated heterocycles. The molecule has 5 nitrogen and oxygen atoms in total. The fourth-order valence-corrected chi connectivity index (χ4v) is 2.26. The van der Waals surface area contributed by atoms with Crippen LogP contribution in [0.15, 0.2) is 17.5 Å². The van der Waals surface area contributed by atoms with Gasteiger partial charge in [-0.25, -0.2) is 0 Å². The molecule has 0 bridgehead atoms. The molecular weight excluding hydrogens is 272 g/mol.